The van der Waals surface area contributed by atoms with Gasteiger partial charge in [-0.2, -0.15) is 0 Å². The highest BCUT2D eigenvalue weighted by atomic mass is 32.2. The topological polar surface area (TPSA) is 63.7 Å². The average Bonchev–Trinajstić information content (AvgIpc) is 2.71. The standard InChI is InChI=1S/C14H19NO4S/c1-14(8-9-20(17,18)11-14)15(2)13(16)10-19-12-6-4-3-5-7-12/h3-7H,8-11H2,1-2H3/t14-/m0/s1. The highest BCUT2D eigenvalue weighted by molar-refractivity contribution is 7.91. The van der Waals surface area contributed by atoms with Crippen LogP contribution in [0.15, 0.2) is 30.3 Å². The van der Waals surface area contributed by atoms with Gasteiger partial charge in [-0.3, -0.25) is 4.79 Å². The molecule has 0 N–H and O–H groups in total. The van der Waals surface area contributed by atoms with Crippen molar-refractivity contribution in [1.29, 1.82) is 0 Å². The van der Waals surface area contributed by atoms with Crippen molar-refractivity contribution in [3.05, 3.63) is 30.3 Å². The van der Waals surface area contributed by atoms with E-state index in [-0.39, 0.29) is 24.0 Å². The smallest absolute Gasteiger partial charge is 0.260 e. The van der Waals surface area contributed by atoms with Gasteiger partial charge >= 0.3 is 0 Å². The third-order valence-corrected chi connectivity index (χ3v) is 5.66. The van der Waals surface area contributed by atoms with Crippen LogP contribution in [0.4, 0.5) is 0 Å². The molecule has 0 aromatic heterocycles. The van der Waals surface area contributed by atoms with Gasteiger partial charge in [-0.1, -0.05) is 18.2 Å². The van der Waals surface area contributed by atoms with Crippen molar-refractivity contribution in [2.75, 3.05) is 25.2 Å². The molecule has 1 fully saturated rings. The molecule has 20 heavy (non-hydrogen) atoms. The van der Waals surface area contributed by atoms with Gasteiger partial charge in [0.2, 0.25) is 0 Å². The molecule has 1 atom stereocenters. The van der Waals surface area contributed by atoms with Crippen molar-refractivity contribution in [3.8, 4) is 5.75 Å². The Bertz CT molecular complexity index is 584. The first-order valence-corrected chi connectivity index (χ1v) is 8.29. The third-order valence-electron chi connectivity index (χ3n) is 3.77. The van der Waals surface area contributed by atoms with E-state index in [1.54, 1.807) is 26.1 Å². The van der Waals surface area contributed by atoms with Crippen LogP contribution >= 0.6 is 0 Å². The molecule has 0 spiro atoms. The monoisotopic (exact) mass is 297 g/mol. The summed E-state index contributed by atoms with van der Waals surface area (Å²) in [4.78, 5) is 13.6. The number of benzene rings is 1. The number of hydrogen-bond donors (Lipinski definition) is 0. The fraction of sp³-hybridized carbons (Fsp3) is 0.500. The SMILES string of the molecule is CN(C(=O)COc1ccccc1)[C@@]1(C)CCS(=O)(=O)C1. The molecule has 1 saturated heterocycles. The van der Waals surface area contributed by atoms with E-state index in [0.29, 0.717) is 12.2 Å². The first kappa shape index (κ1) is 14.8. The number of likely N-dealkylation sites (N-methyl/N-ethyl adjacent to an activating group) is 1. The summed E-state index contributed by atoms with van der Waals surface area (Å²) >= 11 is 0. The predicted molar refractivity (Wildman–Crippen MR) is 76.4 cm³/mol. The molecule has 6 heteroatoms. The molecule has 0 unspecified atom stereocenters. The summed E-state index contributed by atoms with van der Waals surface area (Å²) < 4.78 is 28.6. The second kappa shape index (κ2) is 5.44. The molecular formula is C14H19NO4S. The molecule has 1 aromatic rings. The van der Waals surface area contributed by atoms with Crippen LogP contribution in [0, 0.1) is 0 Å². The second-order valence-corrected chi connectivity index (χ2v) is 7.58. The number of carbonyl (C=O) groups excluding carboxylic acids is 1. The Kier molecular flexibility index (Phi) is 4.04. The molecule has 0 aliphatic carbocycles. The van der Waals surface area contributed by atoms with E-state index in [4.69, 9.17) is 4.74 Å². The van der Waals surface area contributed by atoms with Crippen LogP contribution in [-0.4, -0.2) is 49.9 Å². The lowest BCUT2D eigenvalue weighted by Crippen LogP contribution is -2.49. The minimum atomic E-state index is -3.03. The number of nitrogens with zero attached hydrogens (tertiary/aromatic N) is 1. The fourth-order valence-corrected chi connectivity index (χ4v) is 4.50. The number of amides is 1. The highest BCUT2D eigenvalue weighted by Gasteiger charge is 2.43. The van der Waals surface area contributed by atoms with Gasteiger partial charge in [0.05, 0.1) is 17.0 Å². The summed E-state index contributed by atoms with van der Waals surface area (Å²) in [5.41, 5.74) is -0.629. The van der Waals surface area contributed by atoms with Gasteiger partial charge in [0.25, 0.3) is 5.91 Å². The predicted octanol–water partition coefficient (Wildman–Crippen LogP) is 1.10. The molecule has 5 nitrogen and oxygen atoms in total. The van der Waals surface area contributed by atoms with Crippen molar-refractivity contribution in [1.82, 2.24) is 4.90 Å². The van der Waals surface area contributed by atoms with Crippen molar-refractivity contribution in [3.63, 3.8) is 0 Å². The Morgan fingerprint density at radius 1 is 1.35 bits per heavy atom. The zero-order valence-electron chi connectivity index (χ0n) is 11.7. The number of rotatable bonds is 4. The summed E-state index contributed by atoms with van der Waals surface area (Å²) in [6.07, 6.45) is 0.475. The summed E-state index contributed by atoms with van der Waals surface area (Å²) in [6.45, 7) is 1.72. The van der Waals surface area contributed by atoms with Gasteiger partial charge in [-0.15, -0.1) is 0 Å². The molecule has 1 aliphatic heterocycles. The van der Waals surface area contributed by atoms with Crippen molar-refractivity contribution in [2.45, 2.75) is 18.9 Å². The lowest BCUT2D eigenvalue weighted by atomic mass is 10.00. The van der Waals surface area contributed by atoms with Crippen molar-refractivity contribution >= 4 is 15.7 Å². The maximum atomic E-state index is 12.1. The van der Waals surface area contributed by atoms with Gasteiger partial charge in [0.15, 0.2) is 16.4 Å². The van der Waals surface area contributed by atoms with Crippen LogP contribution in [-0.2, 0) is 14.6 Å². The van der Waals surface area contributed by atoms with Gasteiger partial charge in [-0.05, 0) is 25.5 Å². The molecule has 1 aromatic carbocycles. The third kappa shape index (κ3) is 3.30. The summed E-state index contributed by atoms with van der Waals surface area (Å²) in [5.74, 6) is 0.570. The van der Waals surface area contributed by atoms with E-state index in [1.807, 2.05) is 18.2 Å². The number of carbonyl (C=O) groups is 1. The molecule has 1 aliphatic rings. The number of para-hydroxylation sites is 1. The van der Waals surface area contributed by atoms with E-state index in [9.17, 15) is 13.2 Å². The number of sulfone groups is 1. The minimum absolute atomic E-state index is 0.0214. The van der Waals surface area contributed by atoms with Gasteiger partial charge in [0.1, 0.15) is 5.75 Å². The maximum Gasteiger partial charge on any atom is 0.260 e. The average molecular weight is 297 g/mol. The molecule has 2 rings (SSSR count). The van der Waals surface area contributed by atoms with Gasteiger partial charge in [0, 0.05) is 7.05 Å². The van der Waals surface area contributed by atoms with Crippen LogP contribution in [0.25, 0.3) is 0 Å². The largest absolute Gasteiger partial charge is 0.484 e. The van der Waals surface area contributed by atoms with Crippen LogP contribution in [0.3, 0.4) is 0 Å². The van der Waals surface area contributed by atoms with Crippen LogP contribution in [0.2, 0.25) is 0 Å². The molecule has 110 valence electrons. The van der Waals surface area contributed by atoms with E-state index >= 15 is 0 Å². The first-order valence-electron chi connectivity index (χ1n) is 6.47. The Morgan fingerprint density at radius 3 is 2.55 bits per heavy atom. The molecular weight excluding hydrogens is 278 g/mol. The molecule has 0 radical (unpaired) electrons. The van der Waals surface area contributed by atoms with Crippen molar-refractivity contribution in [2.24, 2.45) is 0 Å². The van der Waals surface area contributed by atoms with Gasteiger partial charge < -0.3 is 9.64 Å². The van der Waals surface area contributed by atoms with E-state index in [2.05, 4.69) is 0 Å². The molecule has 0 bridgehead atoms. The summed E-state index contributed by atoms with van der Waals surface area (Å²) in [7, 11) is -1.40. The van der Waals surface area contributed by atoms with Gasteiger partial charge in [-0.25, -0.2) is 8.42 Å². The number of ether oxygens (including phenoxy) is 1. The molecule has 1 amide bonds. The molecule has 0 saturated carbocycles. The maximum absolute atomic E-state index is 12.1. The minimum Gasteiger partial charge on any atom is -0.484 e. The van der Waals surface area contributed by atoms with Crippen LogP contribution < -0.4 is 4.74 Å². The van der Waals surface area contributed by atoms with E-state index < -0.39 is 15.4 Å². The highest BCUT2D eigenvalue weighted by Crippen LogP contribution is 2.28. The quantitative estimate of drug-likeness (QED) is 0.835. The Labute approximate surface area is 119 Å². The first-order chi connectivity index (χ1) is 9.32. The second-order valence-electron chi connectivity index (χ2n) is 5.39. The Morgan fingerprint density at radius 2 is 2.00 bits per heavy atom. The number of hydrogen-bond acceptors (Lipinski definition) is 4. The lowest BCUT2D eigenvalue weighted by Gasteiger charge is -2.34. The Balaban J connectivity index is 1.96. The molecule has 1 heterocycles. The summed E-state index contributed by atoms with van der Waals surface area (Å²) in [6, 6.07) is 9.07. The van der Waals surface area contributed by atoms with Crippen LogP contribution in [0.1, 0.15) is 13.3 Å². The van der Waals surface area contributed by atoms with Crippen molar-refractivity contribution < 1.29 is 17.9 Å². The lowest BCUT2D eigenvalue weighted by molar-refractivity contribution is -0.136. The zero-order chi connectivity index (χ0) is 14.8. The fourth-order valence-electron chi connectivity index (χ4n) is 2.32. The van der Waals surface area contributed by atoms with E-state index in [1.165, 1.54) is 4.90 Å². The normalized spacial score (nSPS) is 24.3. The Hall–Kier alpha value is -1.56. The summed E-state index contributed by atoms with van der Waals surface area (Å²) in [5, 5.41) is 0. The zero-order valence-corrected chi connectivity index (χ0v) is 12.5. The van der Waals surface area contributed by atoms with E-state index in [0.717, 1.165) is 0 Å². The van der Waals surface area contributed by atoms with Crippen LogP contribution in [0.5, 0.6) is 5.75 Å².